The molecular weight excluding hydrogens is 369 g/mol. The third-order valence-corrected chi connectivity index (χ3v) is 5.05. The van der Waals surface area contributed by atoms with Crippen LogP contribution in [0.25, 0.3) is 33.7 Å². The molecule has 0 saturated carbocycles. The molecule has 6 heteroatoms. The highest BCUT2D eigenvalue weighted by Crippen LogP contribution is 2.38. The molecule has 0 bridgehead atoms. The van der Waals surface area contributed by atoms with E-state index < -0.39 is 11.8 Å². The highest BCUT2D eigenvalue weighted by molar-refractivity contribution is 6.32. The Bertz CT molecular complexity index is 1190. The van der Waals surface area contributed by atoms with E-state index in [0.717, 1.165) is 16.8 Å². The van der Waals surface area contributed by atoms with Crippen molar-refractivity contribution in [2.75, 3.05) is 0 Å². The van der Waals surface area contributed by atoms with Crippen molar-refractivity contribution in [3.8, 4) is 22.7 Å². The zero-order valence-electron chi connectivity index (χ0n) is 14.6. The van der Waals surface area contributed by atoms with E-state index >= 15 is 4.39 Å². The van der Waals surface area contributed by atoms with Gasteiger partial charge < -0.3 is 14.5 Å². The Morgan fingerprint density at radius 3 is 2.44 bits per heavy atom. The van der Waals surface area contributed by atoms with E-state index in [2.05, 4.69) is 4.98 Å². The zero-order chi connectivity index (χ0) is 19.3. The van der Waals surface area contributed by atoms with Crippen LogP contribution in [0.4, 0.5) is 4.39 Å². The number of carboxylic acids is 1. The summed E-state index contributed by atoms with van der Waals surface area (Å²) in [6.45, 7) is 3.58. The van der Waals surface area contributed by atoms with Gasteiger partial charge in [0.25, 0.3) is 0 Å². The summed E-state index contributed by atoms with van der Waals surface area (Å²) >= 11 is 6.18. The standard InChI is InChI=1S/C21H15ClFNO3/c1-10-9-14(22)11(2)17-18(23)20(27-19(10)17)16-8-7-15(24-16)12-3-5-13(6-4-12)21(25)26/h3-9,24H,1-2H3,(H,25,26). The lowest BCUT2D eigenvalue weighted by atomic mass is 10.1. The molecule has 27 heavy (non-hydrogen) atoms. The maximum Gasteiger partial charge on any atom is 0.335 e. The topological polar surface area (TPSA) is 66.2 Å². The second kappa shape index (κ2) is 6.28. The number of aromatic amines is 1. The van der Waals surface area contributed by atoms with E-state index in [1.54, 1.807) is 37.3 Å². The van der Waals surface area contributed by atoms with E-state index in [-0.39, 0.29) is 11.3 Å². The first-order valence-corrected chi connectivity index (χ1v) is 8.65. The van der Waals surface area contributed by atoms with Crippen LogP contribution in [0.2, 0.25) is 5.02 Å². The molecule has 0 radical (unpaired) electrons. The van der Waals surface area contributed by atoms with Crippen molar-refractivity contribution in [1.82, 2.24) is 4.98 Å². The predicted molar refractivity (Wildman–Crippen MR) is 103 cm³/mol. The number of H-pyrrole nitrogens is 1. The fourth-order valence-electron chi connectivity index (χ4n) is 3.17. The Hall–Kier alpha value is -3.05. The maximum absolute atomic E-state index is 15.1. The Morgan fingerprint density at radius 1 is 1.11 bits per heavy atom. The monoisotopic (exact) mass is 383 g/mol. The van der Waals surface area contributed by atoms with Gasteiger partial charge in [0.2, 0.25) is 0 Å². The average molecular weight is 384 g/mol. The highest BCUT2D eigenvalue weighted by Gasteiger charge is 2.21. The number of carboxylic acid groups (broad SMARTS) is 1. The lowest BCUT2D eigenvalue weighted by Gasteiger charge is -2.01. The molecule has 0 aliphatic carbocycles. The first kappa shape index (κ1) is 17.4. The minimum absolute atomic E-state index is 0.117. The van der Waals surface area contributed by atoms with Gasteiger partial charge in [0.1, 0.15) is 5.58 Å². The van der Waals surface area contributed by atoms with Crippen molar-refractivity contribution in [3.63, 3.8) is 0 Å². The van der Waals surface area contributed by atoms with E-state index in [9.17, 15) is 4.79 Å². The molecule has 0 aliphatic heterocycles. The lowest BCUT2D eigenvalue weighted by molar-refractivity contribution is 0.0697. The molecule has 2 N–H and O–H groups in total. The summed E-state index contributed by atoms with van der Waals surface area (Å²) in [6.07, 6.45) is 0. The van der Waals surface area contributed by atoms with Crippen molar-refractivity contribution in [2.24, 2.45) is 0 Å². The molecule has 0 spiro atoms. The van der Waals surface area contributed by atoms with Gasteiger partial charge in [0.15, 0.2) is 11.6 Å². The minimum Gasteiger partial charge on any atom is -0.478 e. The number of carbonyl (C=O) groups is 1. The third kappa shape index (κ3) is 2.80. The molecule has 0 fully saturated rings. The van der Waals surface area contributed by atoms with E-state index in [4.69, 9.17) is 21.1 Å². The van der Waals surface area contributed by atoms with Crippen LogP contribution >= 0.6 is 11.6 Å². The SMILES string of the molecule is Cc1cc(Cl)c(C)c2c(F)c(-c3ccc(-c4ccc(C(=O)O)cc4)[nH]3)oc12. The van der Waals surface area contributed by atoms with Crippen molar-refractivity contribution >= 4 is 28.5 Å². The summed E-state index contributed by atoms with van der Waals surface area (Å²) in [5.74, 6) is -1.32. The number of nitrogens with one attached hydrogen (secondary N) is 1. The summed E-state index contributed by atoms with van der Waals surface area (Å²) in [4.78, 5) is 14.1. The second-order valence-corrected chi connectivity index (χ2v) is 6.82. The van der Waals surface area contributed by atoms with Crippen LogP contribution in [0.15, 0.2) is 46.9 Å². The quantitative estimate of drug-likeness (QED) is 0.442. The Kier molecular flexibility index (Phi) is 4.04. The fraction of sp³-hybridized carbons (Fsp3) is 0.0952. The van der Waals surface area contributed by atoms with Crippen LogP contribution in [0, 0.1) is 19.7 Å². The molecule has 2 aromatic heterocycles. The van der Waals surface area contributed by atoms with E-state index in [1.165, 1.54) is 12.1 Å². The molecule has 0 amide bonds. The zero-order valence-corrected chi connectivity index (χ0v) is 15.3. The molecule has 0 atom stereocenters. The molecule has 2 aromatic carbocycles. The molecule has 4 nitrogen and oxygen atoms in total. The summed E-state index contributed by atoms with van der Waals surface area (Å²) in [6, 6.07) is 11.7. The highest BCUT2D eigenvalue weighted by atomic mass is 35.5. The van der Waals surface area contributed by atoms with Crippen molar-refractivity contribution in [1.29, 1.82) is 0 Å². The molecule has 0 unspecified atom stereocenters. The van der Waals surface area contributed by atoms with Crippen LogP contribution < -0.4 is 0 Å². The molecule has 4 aromatic rings. The number of aryl methyl sites for hydroxylation is 2. The number of halogens is 2. The van der Waals surface area contributed by atoms with Gasteiger partial charge in [-0.25, -0.2) is 9.18 Å². The van der Waals surface area contributed by atoms with Crippen molar-refractivity contribution in [2.45, 2.75) is 13.8 Å². The largest absolute Gasteiger partial charge is 0.478 e. The Morgan fingerprint density at radius 2 is 1.78 bits per heavy atom. The number of hydrogen-bond donors (Lipinski definition) is 2. The van der Waals surface area contributed by atoms with Gasteiger partial charge in [-0.1, -0.05) is 23.7 Å². The van der Waals surface area contributed by atoms with Crippen LogP contribution in [-0.2, 0) is 0 Å². The summed E-state index contributed by atoms with van der Waals surface area (Å²) < 4.78 is 20.9. The number of aromatic nitrogens is 1. The fourth-order valence-corrected chi connectivity index (χ4v) is 3.43. The summed E-state index contributed by atoms with van der Waals surface area (Å²) in [5.41, 5.74) is 4.10. The van der Waals surface area contributed by atoms with Gasteiger partial charge in [-0.2, -0.15) is 0 Å². The summed E-state index contributed by atoms with van der Waals surface area (Å²) in [7, 11) is 0. The number of hydrogen-bond acceptors (Lipinski definition) is 2. The molecule has 136 valence electrons. The van der Waals surface area contributed by atoms with Gasteiger partial charge in [0, 0.05) is 10.7 Å². The molecule has 2 heterocycles. The van der Waals surface area contributed by atoms with Gasteiger partial charge in [-0.05, 0) is 60.9 Å². The average Bonchev–Trinajstić information content (AvgIpc) is 3.25. The molecule has 0 aliphatic rings. The Labute approximate surface area is 159 Å². The van der Waals surface area contributed by atoms with Crippen LogP contribution in [0.1, 0.15) is 21.5 Å². The smallest absolute Gasteiger partial charge is 0.335 e. The van der Waals surface area contributed by atoms with Gasteiger partial charge in [-0.3, -0.25) is 0 Å². The lowest BCUT2D eigenvalue weighted by Crippen LogP contribution is -1.94. The maximum atomic E-state index is 15.1. The van der Waals surface area contributed by atoms with Gasteiger partial charge >= 0.3 is 5.97 Å². The van der Waals surface area contributed by atoms with Crippen LogP contribution in [0.3, 0.4) is 0 Å². The molecular formula is C21H15ClFNO3. The minimum atomic E-state index is -0.984. The number of fused-ring (bicyclic) bond motifs is 1. The van der Waals surface area contributed by atoms with Crippen LogP contribution in [0.5, 0.6) is 0 Å². The molecule has 0 saturated heterocycles. The number of furan rings is 1. The predicted octanol–water partition coefficient (Wildman–Crippen LogP) is 6.20. The normalized spacial score (nSPS) is 11.3. The van der Waals surface area contributed by atoms with Gasteiger partial charge in [0.05, 0.1) is 16.6 Å². The summed E-state index contributed by atoms with van der Waals surface area (Å²) in [5, 5.41) is 9.87. The van der Waals surface area contributed by atoms with E-state index in [0.29, 0.717) is 27.2 Å². The van der Waals surface area contributed by atoms with E-state index in [1.807, 2.05) is 6.92 Å². The van der Waals surface area contributed by atoms with Gasteiger partial charge in [-0.15, -0.1) is 0 Å². The first-order chi connectivity index (χ1) is 12.9. The van der Waals surface area contributed by atoms with Crippen LogP contribution in [-0.4, -0.2) is 16.1 Å². The van der Waals surface area contributed by atoms with Crippen molar-refractivity contribution < 1.29 is 18.7 Å². The number of aromatic carboxylic acids is 1. The number of benzene rings is 2. The van der Waals surface area contributed by atoms with Crippen molar-refractivity contribution in [3.05, 3.63) is 70.0 Å². The molecule has 4 rings (SSSR count). The number of rotatable bonds is 3. The third-order valence-electron chi connectivity index (χ3n) is 4.66. The second-order valence-electron chi connectivity index (χ2n) is 6.42. The Balaban J connectivity index is 1.80. The first-order valence-electron chi connectivity index (χ1n) is 8.27.